The first-order valence-corrected chi connectivity index (χ1v) is 6.78. The van der Waals surface area contributed by atoms with E-state index >= 15 is 0 Å². The van der Waals surface area contributed by atoms with Crippen molar-refractivity contribution in [3.63, 3.8) is 0 Å². The van der Waals surface area contributed by atoms with Gasteiger partial charge in [-0.05, 0) is 24.0 Å². The Bertz CT molecular complexity index is 250. The molecule has 1 rings (SSSR count). The highest BCUT2D eigenvalue weighted by Gasteiger charge is 2.02. The Labute approximate surface area is 101 Å². The predicted molar refractivity (Wildman–Crippen MR) is 71.5 cm³/mol. The summed E-state index contributed by atoms with van der Waals surface area (Å²) < 4.78 is 0. The number of rotatable bonds is 8. The summed E-state index contributed by atoms with van der Waals surface area (Å²) in [5, 5.41) is 0. The third-order valence-corrected chi connectivity index (χ3v) is 3.17. The largest absolute Gasteiger partial charge is 0.0654 e. The van der Waals surface area contributed by atoms with Gasteiger partial charge < -0.3 is 0 Å². The van der Waals surface area contributed by atoms with Crippen LogP contribution in [0.1, 0.15) is 57.9 Å². The van der Waals surface area contributed by atoms with Gasteiger partial charge in [-0.15, -0.1) is 0 Å². The molecule has 1 unspecified atom stereocenters. The molecule has 0 saturated carbocycles. The molecule has 1 atom stereocenters. The van der Waals surface area contributed by atoms with Gasteiger partial charge in [-0.3, -0.25) is 0 Å². The van der Waals surface area contributed by atoms with E-state index in [0.717, 1.165) is 5.92 Å². The first-order chi connectivity index (χ1) is 7.83. The lowest BCUT2D eigenvalue weighted by Crippen LogP contribution is -1.99. The highest BCUT2D eigenvalue weighted by Crippen LogP contribution is 2.15. The predicted octanol–water partition coefficient (Wildman–Crippen LogP) is 5.03. The molecule has 16 heavy (non-hydrogen) atoms. The van der Waals surface area contributed by atoms with Gasteiger partial charge >= 0.3 is 0 Å². The standard InChI is InChI=1S/C16H25/c1-3-4-5-6-8-11-15(2)14-16-12-9-7-10-13-16/h9-10,12-13,15H,3-6,8,11,14H2,1-2H3. The minimum Gasteiger partial charge on any atom is -0.0654 e. The molecule has 0 aromatic heterocycles. The van der Waals surface area contributed by atoms with Crippen LogP contribution in [0.25, 0.3) is 0 Å². The van der Waals surface area contributed by atoms with Crippen molar-refractivity contribution < 1.29 is 0 Å². The number of benzene rings is 1. The van der Waals surface area contributed by atoms with E-state index in [1.807, 2.05) is 12.1 Å². The van der Waals surface area contributed by atoms with E-state index in [0.29, 0.717) is 0 Å². The van der Waals surface area contributed by atoms with Crippen LogP contribution < -0.4 is 0 Å². The molecular formula is C16H25. The average molecular weight is 217 g/mol. The second-order valence-electron chi connectivity index (χ2n) is 4.92. The maximum Gasteiger partial charge on any atom is -0.0184 e. The quantitative estimate of drug-likeness (QED) is 0.536. The van der Waals surface area contributed by atoms with Crippen LogP contribution in [0.4, 0.5) is 0 Å². The maximum absolute atomic E-state index is 3.07. The van der Waals surface area contributed by atoms with Crippen molar-refractivity contribution in [1.29, 1.82) is 0 Å². The van der Waals surface area contributed by atoms with Gasteiger partial charge in [-0.2, -0.15) is 0 Å². The molecule has 0 aliphatic carbocycles. The Kier molecular flexibility index (Phi) is 6.96. The minimum atomic E-state index is 0.823. The number of hydrogen-bond donors (Lipinski definition) is 0. The second-order valence-corrected chi connectivity index (χ2v) is 4.92. The zero-order chi connectivity index (χ0) is 11.6. The molecule has 0 saturated heterocycles. The Morgan fingerprint density at radius 3 is 2.44 bits per heavy atom. The molecule has 0 nitrogen and oxygen atoms in total. The van der Waals surface area contributed by atoms with Gasteiger partial charge in [-0.25, -0.2) is 0 Å². The fraction of sp³-hybridized carbons (Fsp3) is 0.625. The second kappa shape index (κ2) is 8.38. The summed E-state index contributed by atoms with van der Waals surface area (Å²) in [5.41, 5.74) is 1.46. The fourth-order valence-electron chi connectivity index (χ4n) is 2.16. The van der Waals surface area contributed by atoms with Gasteiger partial charge in [0.1, 0.15) is 0 Å². The molecule has 0 fully saturated rings. The van der Waals surface area contributed by atoms with Gasteiger partial charge in [0.25, 0.3) is 0 Å². The molecule has 0 N–H and O–H groups in total. The van der Waals surface area contributed by atoms with Gasteiger partial charge in [0.2, 0.25) is 0 Å². The summed E-state index contributed by atoms with van der Waals surface area (Å²) in [6.45, 7) is 4.64. The molecule has 0 amide bonds. The van der Waals surface area contributed by atoms with Gasteiger partial charge in [0, 0.05) is 0 Å². The monoisotopic (exact) mass is 217 g/mol. The molecule has 1 aromatic rings. The number of hydrogen-bond acceptors (Lipinski definition) is 0. The molecule has 0 bridgehead atoms. The lowest BCUT2D eigenvalue weighted by molar-refractivity contribution is 0.483. The van der Waals surface area contributed by atoms with Crippen LogP contribution in [0.3, 0.4) is 0 Å². The summed E-state index contributed by atoms with van der Waals surface area (Å²) in [4.78, 5) is 0. The van der Waals surface area contributed by atoms with Crippen molar-refractivity contribution in [2.24, 2.45) is 5.92 Å². The van der Waals surface area contributed by atoms with Gasteiger partial charge in [0.15, 0.2) is 0 Å². The summed E-state index contributed by atoms with van der Waals surface area (Å²) in [5.74, 6) is 0.823. The molecule has 0 heteroatoms. The fourth-order valence-corrected chi connectivity index (χ4v) is 2.16. The highest BCUT2D eigenvalue weighted by molar-refractivity contribution is 5.14. The molecule has 1 aromatic carbocycles. The topological polar surface area (TPSA) is 0 Å². The van der Waals surface area contributed by atoms with Crippen molar-refractivity contribution in [3.05, 3.63) is 35.9 Å². The van der Waals surface area contributed by atoms with Crippen LogP contribution in [-0.2, 0) is 6.42 Å². The molecule has 0 aliphatic rings. The summed E-state index contributed by atoms with van der Waals surface area (Å²) in [7, 11) is 0. The lowest BCUT2D eigenvalue weighted by Gasteiger charge is -2.11. The molecule has 1 radical (unpaired) electrons. The zero-order valence-electron chi connectivity index (χ0n) is 10.8. The van der Waals surface area contributed by atoms with Crippen molar-refractivity contribution in [1.82, 2.24) is 0 Å². The van der Waals surface area contributed by atoms with Crippen LogP contribution in [0.2, 0.25) is 0 Å². The Hall–Kier alpha value is -0.780. The minimum absolute atomic E-state index is 0.823. The first kappa shape index (κ1) is 13.3. The smallest absolute Gasteiger partial charge is 0.0184 e. The zero-order valence-corrected chi connectivity index (χ0v) is 10.8. The molecule has 0 aliphatic heterocycles. The van der Waals surface area contributed by atoms with Crippen molar-refractivity contribution in [2.45, 2.75) is 58.8 Å². The van der Waals surface area contributed by atoms with E-state index in [1.54, 1.807) is 0 Å². The summed E-state index contributed by atoms with van der Waals surface area (Å²) in [6.07, 6.45) is 9.59. The van der Waals surface area contributed by atoms with Crippen molar-refractivity contribution in [3.8, 4) is 0 Å². The Morgan fingerprint density at radius 1 is 1.06 bits per heavy atom. The third kappa shape index (κ3) is 5.95. The van der Waals surface area contributed by atoms with Crippen molar-refractivity contribution >= 4 is 0 Å². The van der Waals surface area contributed by atoms with Crippen LogP contribution in [0.15, 0.2) is 24.3 Å². The normalized spacial score (nSPS) is 12.6. The van der Waals surface area contributed by atoms with Crippen LogP contribution in [0.5, 0.6) is 0 Å². The lowest BCUT2D eigenvalue weighted by atomic mass is 9.95. The summed E-state index contributed by atoms with van der Waals surface area (Å²) in [6, 6.07) is 11.5. The Morgan fingerprint density at radius 2 is 1.75 bits per heavy atom. The highest BCUT2D eigenvalue weighted by atomic mass is 14.1. The molecule has 89 valence electrons. The Balaban J connectivity index is 2.09. The van der Waals surface area contributed by atoms with E-state index in [-0.39, 0.29) is 0 Å². The molecular weight excluding hydrogens is 192 g/mol. The van der Waals surface area contributed by atoms with Crippen LogP contribution in [0, 0.1) is 12.0 Å². The van der Waals surface area contributed by atoms with E-state index < -0.39 is 0 Å². The van der Waals surface area contributed by atoms with E-state index in [9.17, 15) is 0 Å². The summed E-state index contributed by atoms with van der Waals surface area (Å²) >= 11 is 0. The van der Waals surface area contributed by atoms with E-state index in [4.69, 9.17) is 0 Å². The number of unbranched alkanes of at least 4 members (excludes halogenated alkanes) is 4. The van der Waals surface area contributed by atoms with Crippen LogP contribution in [-0.4, -0.2) is 0 Å². The first-order valence-electron chi connectivity index (χ1n) is 6.78. The van der Waals surface area contributed by atoms with Crippen LogP contribution >= 0.6 is 0 Å². The van der Waals surface area contributed by atoms with E-state index in [2.05, 4.69) is 32.0 Å². The maximum atomic E-state index is 3.07. The molecule has 0 heterocycles. The third-order valence-electron chi connectivity index (χ3n) is 3.17. The van der Waals surface area contributed by atoms with Gasteiger partial charge in [-0.1, -0.05) is 76.6 Å². The van der Waals surface area contributed by atoms with Crippen molar-refractivity contribution in [2.75, 3.05) is 0 Å². The molecule has 0 spiro atoms. The van der Waals surface area contributed by atoms with Gasteiger partial charge in [0.05, 0.1) is 0 Å². The average Bonchev–Trinajstić information content (AvgIpc) is 2.30. The van der Waals surface area contributed by atoms with E-state index in [1.165, 1.54) is 50.5 Å². The SMILES string of the molecule is CCCCCCCC(C)Cc1cc[c]cc1.